The molecule has 0 spiro atoms. The van der Waals surface area contributed by atoms with Gasteiger partial charge in [0, 0.05) is 35.2 Å². The van der Waals surface area contributed by atoms with Gasteiger partial charge in [-0.05, 0) is 61.9 Å². The number of para-hydroxylation sites is 1. The Morgan fingerprint density at radius 3 is 2.17 bits per heavy atom. The third-order valence-corrected chi connectivity index (χ3v) is 9.04. The number of carbonyl (C=O) groups is 2. The quantitative estimate of drug-likeness (QED) is 0.126. The van der Waals surface area contributed by atoms with Crippen LogP contribution in [0.25, 0.3) is 22.3 Å². The summed E-state index contributed by atoms with van der Waals surface area (Å²) in [7, 11) is 4.56. The molecule has 9 heteroatoms. The molecule has 3 atom stereocenters. The second-order valence-electron chi connectivity index (χ2n) is 11.9. The highest BCUT2D eigenvalue weighted by Crippen LogP contribution is 2.51. The molecule has 1 fully saturated rings. The van der Waals surface area contributed by atoms with Gasteiger partial charge in [0.15, 0.2) is 5.43 Å². The summed E-state index contributed by atoms with van der Waals surface area (Å²) in [6, 6.07) is 26.5. The van der Waals surface area contributed by atoms with Crippen molar-refractivity contribution in [2.75, 3.05) is 26.2 Å². The van der Waals surface area contributed by atoms with Crippen molar-refractivity contribution < 1.29 is 33.0 Å². The number of fused-ring (bicyclic) bond motifs is 2. The number of benzene rings is 4. The van der Waals surface area contributed by atoms with E-state index in [1.807, 2.05) is 43.3 Å². The lowest BCUT2D eigenvalue weighted by Crippen LogP contribution is -2.31. The number of nitrogens with zero attached hydrogens (tertiary/aromatic N) is 1. The van der Waals surface area contributed by atoms with Gasteiger partial charge in [-0.1, -0.05) is 35.9 Å². The van der Waals surface area contributed by atoms with Crippen molar-refractivity contribution in [3.8, 4) is 40.1 Å². The second kappa shape index (κ2) is 12.4. The highest BCUT2D eigenvalue weighted by molar-refractivity contribution is 6.22. The van der Waals surface area contributed by atoms with Crippen molar-refractivity contribution >= 4 is 28.5 Å². The van der Waals surface area contributed by atoms with Crippen LogP contribution in [0.15, 0.2) is 112 Å². The zero-order chi connectivity index (χ0) is 33.5. The molecule has 1 aliphatic heterocycles. The van der Waals surface area contributed by atoms with E-state index >= 15 is 0 Å². The van der Waals surface area contributed by atoms with E-state index in [4.69, 9.17) is 23.4 Å². The summed E-state index contributed by atoms with van der Waals surface area (Å²) in [5.41, 5.74) is 2.43. The molecule has 242 valence electrons. The number of ether oxygens (including phenoxy) is 4. The van der Waals surface area contributed by atoms with Crippen molar-refractivity contribution in [1.29, 1.82) is 0 Å². The topological polar surface area (TPSA) is 105 Å². The number of rotatable bonds is 8. The molecular weight excluding hydrogens is 610 g/mol. The molecule has 5 aromatic rings. The Kier molecular flexibility index (Phi) is 7.96. The minimum Gasteiger partial charge on any atom is -0.497 e. The lowest BCUT2D eigenvalue weighted by atomic mass is 9.71. The van der Waals surface area contributed by atoms with Gasteiger partial charge in [-0.2, -0.15) is 0 Å². The molecule has 48 heavy (non-hydrogen) atoms. The lowest BCUT2D eigenvalue weighted by Gasteiger charge is -2.30. The number of hydrogen-bond donors (Lipinski definition) is 0. The summed E-state index contributed by atoms with van der Waals surface area (Å²) in [6.45, 7) is 1.94. The number of amides is 2. The Balaban J connectivity index is 1.36. The monoisotopic (exact) mass is 643 g/mol. The summed E-state index contributed by atoms with van der Waals surface area (Å²) in [5, 5.41) is 0.220. The summed E-state index contributed by atoms with van der Waals surface area (Å²) < 4.78 is 29.4. The molecule has 7 rings (SSSR count). The summed E-state index contributed by atoms with van der Waals surface area (Å²) in [5.74, 6) is 0.0620. The molecule has 0 radical (unpaired) electrons. The first-order valence-corrected chi connectivity index (χ1v) is 15.6. The van der Waals surface area contributed by atoms with Gasteiger partial charge in [0.05, 0.1) is 38.9 Å². The van der Waals surface area contributed by atoms with E-state index in [2.05, 4.69) is 0 Å². The van der Waals surface area contributed by atoms with E-state index in [0.717, 1.165) is 5.57 Å². The zero-order valence-electron chi connectivity index (χ0n) is 26.9. The number of anilines is 1. The normalized spacial score (nSPS) is 18.8. The van der Waals surface area contributed by atoms with Crippen LogP contribution in [0.5, 0.6) is 28.7 Å². The minimum absolute atomic E-state index is 0.220. The Morgan fingerprint density at radius 1 is 0.729 bits per heavy atom. The van der Waals surface area contributed by atoms with E-state index in [1.54, 1.807) is 61.7 Å². The summed E-state index contributed by atoms with van der Waals surface area (Å²) in [6.07, 6.45) is 2.40. The highest BCUT2D eigenvalue weighted by Gasteiger charge is 2.54. The van der Waals surface area contributed by atoms with Gasteiger partial charge in [0.25, 0.3) is 0 Å². The van der Waals surface area contributed by atoms with Crippen LogP contribution < -0.4 is 29.3 Å². The molecule has 1 aromatic heterocycles. The van der Waals surface area contributed by atoms with Gasteiger partial charge in [0.1, 0.15) is 45.5 Å². The van der Waals surface area contributed by atoms with Crippen LogP contribution in [0.3, 0.4) is 0 Å². The molecular formula is C39H33NO8. The first-order chi connectivity index (χ1) is 23.3. The largest absolute Gasteiger partial charge is 0.497 e. The van der Waals surface area contributed by atoms with Crippen LogP contribution in [0.2, 0.25) is 0 Å². The van der Waals surface area contributed by atoms with Crippen LogP contribution in [-0.4, -0.2) is 33.1 Å². The molecule has 0 unspecified atom stereocenters. The number of carbonyl (C=O) groups excluding carboxylic acids is 2. The predicted molar refractivity (Wildman–Crippen MR) is 181 cm³/mol. The van der Waals surface area contributed by atoms with Crippen LogP contribution in [0.1, 0.15) is 24.8 Å². The van der Waals surface area contributed by atoms with Crippen molar-refractivity contribution in [2.45, 2.75) is 19.3 Å². The average Bonchev–Trinajstić information content (AvgIpc) is 3.36. The standard InChI is InChI=1S/C39H33NO8/c1-22-17-28(34-29(18-22)38(42)40(39(34)43)24-9-8-12-27(19-24)47-26-10-6-5-7-11-26)35-32(45-3)21-33(46-4)36-30(41)20-31(48-37(35)36)23-13-15-25(44-2)16-14-23/h5-17,19-21,28-29,34H,18H2,1-4H3/t28-,29+,34-/m1/s1. The maximum absolute atomic E-state index is 14.5. The maximum atomic E-state index is 14.5. The van der Waals surface area contributed by atoms with Crippen LogP contribution in [0.4, 0.5) is 5.69 Å². The molecule has 1 saturated heterocycles. The first kappa shape index (κ1) is 30.8. The molecule has 4 aromatic carbocycles. The first-order valence-electron chi connectivity index (χ1n) is 15.6. The van der Waals surface area contributed by atoms with E-state index in [-0.39, 0.29) is 34.0 Å². The van der Waals surface area contributed by atoms with Gasteiger partial charge >= 0.3 is 0 Å². The van der Waals surface area contributed by atoms with Crippen molar-refractivity contribution in [1.82, 2.24) is 0 Å². The fraction of sp³-hybridized carbons (Fsp3) is 0.205. The number of imide groups is 1. The Morgan fingerprint density at radius 2 is 1.46 bits per heavy atom. The van der Waals surface area contributed by atoms with E-state index in [1.165, 1.54) is 25.2 Å². The molecule has 1 aliphatic carbocycles. The molecule has 2 aliphatic rings. The SMILES string of the molecule is COc1ccc(-c2cc(=O)c3c(OC)cc(OC)c([C@@H]4C=C(C)C[C@@H]5C(=O)N(c6cccc(Oc7ccccc7)c6)C(=O)[C@@H]54)c3o2)cc1. The van der Waals surface area contributed by atoms with E-state index < -0.39 is 17.8 Å². The molecule has 0 bridgehead atoms. The Labute approximate surface area is 276 Å². The fourth-order valence-electron chi connectivity index (χ4n) is 6.86. The Hall–Kier alpha value is -5.83. The fourth-order valence-corrected chi connectivity index (χ4v) is 6.86. The van der Waals surface area contributed by atoms with Crippen molar-refractivity contribution in [2.24, 2.45) is 11.8 Å². The number of methoxy groups -OCH3 is 3. The molecule has 9 nitrogen and oxygen atoms in total. The van der Waals surface area contributed by atoms with Crippen LogP contribution in [0, 0.1) is 11.8 Å². The molecule has 2 amide bonds. The molecule has 0 N–H and O–H groups in total. The predicted octanol–water partition coefficient (Wildman–Crippen LogP) is 7.52. The van der Waals surface area contributed by atoms with Crippen LogP contribution in [-0.2, 0) is 9.59 Å². The zero-order valence-corrected chi connectivity index (χ0v) is 26.9. The summed E-state index contributed by atoms with van der Waals surface area (Å²) >= 11 is 0. The average molecular weight is 644 g/mol. The third-order valence-electron chi connectivity index (χ3n) is 9.04. The van der Waals surface area contributed by atoms with Gasteiger partial charge in [-0.15, -0.1) is 0 Å². The van der Waals surface area contributed by atoms with E-state index in [0.29, 0.717) is 52.0 Å². The van der Waals surface area contributed by atoms with Gasteiger partial charge in [-0.25, -0.2) is 4.90 Å². The smallest absolute Gasteiger partial charge is 0.238 e. The molecule has 2 heterocycles. The van der Waals surface area contributed by atoms with E-state index in [9.17, 15) is 14.4 Å². The second-order valence-corrected chi connectivity index (χ2v) is 11.9. The lowest BCUT2D eigenvalue weighted by molar-refractivity contribution is -0.122. The number of allylic oxidation sites excluding steroid dienone is 2. The Bertz CT molecular complexity index is 2130. The van der Waals surface area contributed by atoms with Crippen molar-refractivity contribution in [3.05, 3.63) is 118 Å². The molecule has 0 saturated carbocycles. The highest BCUT2D eigenvalue weighted by atomic mass is 16.5. The summed E-state index contributed by atoms with van der Waals surface area (Å²) in [4.78, 5) is 43.6. The van der Waals surface area contributed by atoms with Gasteiger partial charge < -0.3 is 23.4 Å². The van der Waals surface area contributed by atoms with Gasteiger partial charge in [-0.3, -0.25) is 14.4 Å². The van der Waals surface area contributed by atoms with Gasteiger partial charge in [0.2, 0.25) is 11.8 Å². The third kappa shape index (κ3) is 5.27. The minimum atomic E-state index is -0.777. The maximum Gasteiger partial charge on any atom is 0.238 e. The number of hydrogen-bond acceptors (Lipinski definition) is 8. The van der Waals surface area contributed by atoms with Crippen LogP contribution >= 0.6 is 0 Å². The van der Waals surface area contributed by atoms with Crippen molar-refractivity contribution in [3.63, 3.8) is 0 Å².